The van der Waals surface area contributed by atoms with Crippen molar-refractivity contribution >= 4 is 0 Å². The van der Waals surface area contributed by atoms with Crippen LogP contribution in [0.4, 0.5) is 0 Å². The molecular weight excluding hydrogens is 132 g/mol. The first-order valence-corrected chi connectivity index (χ1v) is 5.36. The van der Waals surface area contributed by atoms with E-state index in [2.05, 4.69) is 6.92 Å². The topological polar surface area (TPSA) is 0 Å². The van der Waals surface area contributed by atoms with Gasteiger partial charge in [-0.25, -0.2) is 0 Å². The Morgan fingerprint density at radius 1 is 0.818 bits per heavy atom. The van der Waals surface area contributed by atoms with Crippen LogP contribution in [0.15, 0.2) is 0 Å². The van der Waals surface area contributed by atoms with E-state index in [4.69, 9.17) is 0 Å². The normalized spacial score (nSPS) is 75.5. The van der Waals surface area contributed by atoms with E-state index < -0.39 is 0 Å². The maximum absolute atomic E-state index is 2.53. The third-order valence-electron chi connectivity index (χ3n) is 5.51. The third-order valence-corrected chi connectivity index (χ3v) is 5.51. The lowest BCUT2D eigenvalue weighted by molar-refractivity contribution is 0.0637. The van der Waals surface area contributed by atoms with Gasteiger partial charge in [-0.15, -0.1) is 0 Å². The van der Waals surface area contributed by atoms with Gasteiger partial charge in [0.1, 0.15) is 0 Å². The zero-order valence-corrected chi connectivity index (χ0v) is 7.16. The molecule has 11 heavy (non-hydrogen) atoms. The lowest BCUT2D eigenvalue weighted by atomic mass is 9.62. The molecule has 0 radical (unpaired) electrons. The molecule has 0 saturated heterocycles. The fourth-order valence-corrected chi connectivity index (χ4v) is 5.11. The highest BCUT2D eigenvalue weighted by atomic mass is 14.7. The fraction of sp³-hybridized carbons (Fsp3) is 1.00. The van der Waals surface area contributed by atoms with Crippen molar-refractivity contribution in [1.29, 1.82) is 0 Å². The third kappa shape index (κ3) is 0.443. The van der Waals surface area contributed by atoms with Crippen LogP contribution in [0.5, 0.6) is 0 Å². The summed E-state index contributed by atoms with van der Waals surface area (Å²) >= 11 is 0. The molecule has 0 amide bonds. The zero-order valence-electron chi connectivity index (χ0n) is 7.16. The van der Waals surface area contributed by atoms with Crippen LogP contribution in [0.2, 0.25) is 0 Å². The van der Waals surface area contributed by atoms with E-state index in [1.54, 1.807) is 19.3 Å². The highest BCUT2D eigenvalue weighted by molar-refractivity contribution is 5.18. The van der Waals surface area contributed by atoms with Crippen LogP contribution in [0.1, 0.15) is 26.2 Å². The van der Waals surface area contributed by atoms with Crippen LogP contribution in [0.25, 0.3) is 0 Å². The summed E-state index contributed by atoms with van der Waals surface area (Å²) in [7, 11) is 0. The fourth-order valence-electron chi connectivity index (χ4n) is 5.11. The Hall–Kier alpha value is 0. The van der Waals surface area contributed by atoms with Gasteiger partial charge in [0.15, 0.2) is 0 Å². The average Bonchev–Trinajstić information content (AvgIpc) is 2.58. The molecular formula is C11H16. The first-order chi connectivity index (χ1) is 5.36. The summed E-state index contributed by atoms with van der Waals surface area (Å²) in [5.74, 6) is 8.43. The molecule has 0 aromatic carbocycles. The molecule has 0 aromatic heterocycles. The van der Waals surface area contributed by atoms with Crippen LogP contribution >= 0.6 is 0 Å². The van der Waals surface area contributed by atoms with Crippen molar-refractivity contribution < 1.29 is 0 Å². The number of hydrogen-bond donors (Lipinski definition) is 0. The maximum Gasteiger partial charge on any atom is -0.0318 e. The maximum atomic E-state index is 2.53. The highest BCUT2D eigenvalue weighted by Gasteiger charge is 2.69. The number of hydrogen-bond acceptors (Lipinski definition) is 0. The van der Waals surface area contributed by atoms with Crippen LogP contribution in [0.3, 0.4) is 0 Å². The smallest absolute Gasteiger partial charge is 0.0318 e. The molecule has 6 unspecified atom stereocenters. The minimum atomic E-state index is 1.11. The first kappa shape index (κ1) is 5.61. The van der Waals surface area contributed by atoms with Crippen molar-refractivity contribution in [2.45, 2.75) is 26.2 Å². The second-order valence-corrected chi connectivity index (χ2v) is 5.57. The second kappa shape index (κ2) is 1.41. The Balaban J connectivity index is 1.86. The van der Waals surface area contributed by atoms with Crippen LogP contribution in [-0.4, -0.2) is 0 Å². The van der Waals surface area contributed by atoms with Crippen molar-refractivity contribution in [3.63, 3.8) is 0 Å². The van der Waals surface area contributed by atoms with Gasteiger partial charge in [0.05, 0.1) is 0 Å². The SMILES string of the molecule is C[C@@H]1C2CC3CC1C1C(C2)C31. The molecule has 5 saturated carbocycles. The van der Waals surface area contributed by atoms with Crippen molar-refractivity contribution in [2.75, 3.05) is 0 Å². The van der Waals surface area contributed by atoms with Crippen LogP contribution in [-0.2, 0) is 0 Å². The van der Waals surface area contributed by atoms with Crippen molar-refractivity contribution in [2.24, 2.45) is 41.4 Å². The molecule has 7 atom stereocenters. The predicted octanol–water partition coefficient (Wildman–Crippen LogP) is 2.54. The van der Waals surface area contributed by atoms with E-state index in [9.17, 15) is 0 Å². The molecule has 0 N–H and O–H groups in total. The Morgan fingerprint density at radius 3 is 2.45 bits per heavy atom. The summed E-state index contributed by atoms with van der Waals surface area (Å²) in [6.07, 6.45) is 4.88. The van der Waals surface area contributed by atoms with Gasteiger partial charge in [0.2, 0.25) is 0 Å². The average molecular weight is 148 g/mol. The van der Waals surface area contributed by atoms with Gasteiger partial charge in [-0.2, -0.15) is 0 Å². The van der Waals surface area contributed by atoms with Gasteiger partial charge in [-0.1, -0.05) is 6.92 Å². The highest BCUT2D eigenvalue weighted by Crippen LogP contribution is 2.76. The Labute approximate surface area is 68.4 Å². The molecule has 0 heteroatoms. The van der Waals surface area contributed by atoms with Crippen molar-refractivity contribution in [1.82, 2.24) is 0 Å². The largest absolute Gasteiger partial charge is 0.0620 e. The van der Waals surface area contributed by atoms with Crippen LogP contribution < -0.4 is 0 Å². The Bertz CT molecular complexity index is 218. The van der Waals surface area contributed by atoms with E-state index in [0.29, 0.717) is 0 Å². The quantitative estimate of drug-likeness (QED) is 0.495. The van der Waals surface area contributed by atoms with Gasteiger partial charge in [0.25, 0.3) is 0 Å². The minimum absolute atomic E-state index is 1.11. The summed E-state index contributed by atoms with van der Waals surface area (Å²) in [6.45, 7) is 2.53. The first-order valence-electron chi connectivity index (χ1n) is 5.36. The summed E-state index contributed by atoms with van der Waals surface area (Å²) in [6, 6.07) is 0. The number of rotatable bonds is 0. The van der Waals surface area contributed by atoms with Crippen molar-refractivity contribution in [3.05, 3.63) is 0 Å². The van der Waals surface area contributed by atoms with Gasteiger partial charge in [-0.05, 0) is 60.7 Å². The molecule has 5 aliphatic rings. The van der Waals surface area contributed by atoms with E-state index in [-0.39, 0.29) is 0 Å². The summed E-state index contributed by atoms with van der Waals surface area (Å²) in [5, 5.41) is 0. The van der Waals surface area contributed by atoms with Gasteiger partial charge in [0, 0.05) is 0 Å². The summed E-state index contributed by atoms with van der Waals surface area (Å²) in [5.41, 5.74) is 0. The summed E-state index contributed by atoms with van der Waals surface area (Å²) in [4.78, 5) is 0. The summed E-state index contributed by atoms with van der Waals surface area (Å²) < 4.78 is 0. The van der Waals surface area contributed by atoms with E-state index in [0.717, 1.165) is 5.92 Å². The van der Waals surface area contributed by atoms with E-state index in [1.165, 1.54) is 35.5 Å². The van der Waals surface area contributed by atoms with Gasteiger partial charge >= 0.3 is 0 Å². The second-order valence-electron chi connectivity index (χ2n) is 5.57. The molecule has 0 nitrogen and oxygen atoms in total. The monoisotopic (exact) mass is 148 g/mol. The Kier molecular flexibility index (Phi) is 0.717. The molecule has 60 valence electrons. The predicted molar refractivity (Wildman–Crippen MR) is 44.0 cm³/mol. The van der Waals surface area contributed by atoms with Gasteiger partial charge in [-0.3, -0.25) is 0 Å². The lowest BCUT2D eigenvalue weighted by Crippen LogP contribution is -2.35. The zero-order chi connectivity index (χ0) is 7.16. The van der Waals surface area contributed by atoms with Crippen molar-refractivity contribution in [3.8, 4) is 0 Å². The van der Waals surface area contributed by atoms with E-state index >= 15 is 0 Å². The molecule has 5 fully saturated rings. The molecule has 0 aromatic rings. The van der Waals surface area contributed by atoms with Gasteiger partial charge < -0.3 is 0 Å². The Morgan fingerprint density at radius 2 is 1.64 bits per heavy atom. The molecule has 5 rings (SSSR count). The lowest BCUT2D eigenvalue weighted by Gasteiger charge is -2.43. The molecule has 0 spiro atoms. The van der Waals surface area contributed by atoms with E-state index in [1.807, 2.05) is 0 Å². The van der Waals surface area contributed by atoms with Crippen LogP contribution in [0, 0.1) is 41.4 Å². The molecule has 4 bridgehead atoms. The standard InChI is InChI=1S/C11H16/c1-5-6-2-7-4-8(5)11-9(3-6)10(7)11/h5-11H,2-4H2,1H3/t5-,6?,7?,8?,9?,10?,11?/m1/s1. The minimum Gasteiger partial charge on any atom is -0.0620 e. The molecule has 0 heterocycles. The molecule has 0 aliphatic heterocycles. The molecule has 5 aliphatic carbocycles.